The maximum atomic E-state index is 11.7. The van der Waals surface area contributed by atoms with Gasteiger partial charge in [-0.1, -0.05) is 99.6 Å². The molecule has 0 saturated carbocycles. The zero-order chi connectivity index (χ0) is 29.7. The van der Waals surface area contributed by atoms with Crippen LogP contribution in [-0.2, 0) is 20.5 Å². The minimum Gasteiger partial charge on any atom is -0.497 e. The highest BCUT2D eigenvalue weighted by molar-refractivity contribution is 6.99. The molecule has 1 fully saturated rings. The van der Waals surface area contributed by atoms with Gasteiger partial charge in [-0.15, -0.1) is 6.58 Å². The Morgan fingerprint density at radius 1 is 0.927 bits per heavy atom. The van der Waals surface area contributed by atoms with Gasteiger partial charge in [-0.05, 0) is 46.5 Å². The smallest absolute Gasteiger partial charge is 0.261 e. The van der Waals surface area contributed by atoms with E-state index in [1.54, 1.807) is 20.1 Å². The Hall–Kier alpha value is -2.78. The Labute approximate surface area is 245 Å². The highest BCUT2D eigenvalue weighted by Gasteiger charge is 2.55. The van der Waals surface area contributed by atoms with Gasteiger partial charge < -0.3 is 28.8 Å². The maximum absolute atomic E-state index is 11.7. The normalized spacial score (nSPS) is 25.0. The third kappa shape index (κ3) is 6.51. The van der Waals surface area contributed by atoms with Crippen LogP contribution in [0.3, 0.4) is 0 Å². The average Bonchev–Trinajstić information content (AvgIpc) is 2.96. The second kappa shape index (κ2) is 13.0. The van der Waals surface area contributed by atoms with Crippen LogP contribution in [0.25, 0.3) is 0 Å². The molecule has 3 aromatic carbocycles. The minimum absolute atomic E-state index is 0.115. The summed E-state index contributed by atoms with van der Waals surface area (Å²) in [4.78, 5) is 0. The van der Waals surface area contributed by atoms with Crippen molar-refractivity contribution < 1.29 is 28.8 Å². The van der Waals surface area contributed by atoms with E-state index in [-0.39, 0.29) is 18.3 Å². The maximum Gasteiger partial charge on any atom is 0.261 e. The van der Waals surface area contributed by atoms with Crippen molar-refractivity contribution in [2.45, 2.75) is 75.8 Å². The molecule has 1 aliphatic heterocycles. The molecule has 0 spiro atoms. The summed E-state index contributed by atoms with van der Waals surface area (Å²) in [5, 5.41) is 25.2. The fourth-order valence-corrected chi connectivity index (χ4v) is 10.5. The molecule has 1 saturated heterocycles. The van der Waals surface area contributed by atoms with Crippen molar-refractivity contribution in [2.24, 2.45) is 0 Å². The number of methoxy groups -OCH3 is 1. The SMILES string of the molecule is C=CC[C@H]1O[C@H](CO[Si](c2ccccc2)(c2ccccc2)C(C)(C)C)[C@H](O)[C@@](C)(O)[C@H]1OCc1ccc(OC)cc1. The molecular formula is C34H44O6Si. The third-order valence-corrected chi connectivity index (χ3v) is 13.1. The molecule has 41 heavy (non-hydrogen) atoms. The molecule has 4 rings (SSSR count). The zero-order valence-corrected chi connectivity index (χ0v) is 25.8. The van der Waals surface area contributed by atoms with Crippen LogP contribution in [0.15, 0.2) is 97.6 Å². The van der Waals surface area contributed by atoms with Gasteiger partial charge >= 0.3 is 0 Å². The van der Waals surface area contributed by atoms with Gasteiger partial charge in [0, 0.05) is 0 Å². The summed E-state index contributed by atoms with van der Waals surface area (Å²) in [5.41, 5.74) is -0.664. The van der Waals surface area contributed by atoms with Crippen LogP contribution in [-0.4, -0.2) is 62.3 Å². The van der Waals surface area contributed by atoms with E-state index in [2.05, 4.69) is 51.6 Å². The first-order valence-corrected chi connectivity index (χ1v) is 16.1. The zero-order valence-electron chi connectivity index (χ0n) is 24.8. The van der Waals surface area contributed by atoms with Crippen molar-refractivity contribution >= 4 is 18.7 Å². The summed E-state index contributed by atoms with van der Waals surface area (Å²) in [6.45, 7) is 12.5. The molecule has 0 aliphatic carbocycles. The van der Waals surface area contributed by atoms with Crippen LogP contribution in [0, 0.1) is 0 Å². The lowest BCUT2D eigenvalue weighted by atomic mass is 9.82. The van der Waals surface area contributed by atoms with Crippen LogP contribution in [0.1, 0.15) is 39.7 Å². The number of aliphatic hydroxyl groups is 2. The van der Waals surface area contributed by atoms with Crippen molar-refractivity contribution in [2.75, 3.05) is 13.7 Å². The number of hydrogen-bond acceptors (Lipinski definition) is 6. The van der Waals surface area contributed by atoms with E-state index in [1.165, 1.54) is 0 Å². The molecule has 2 N–H and O–H groups in total. The van der Waals surface area contributed by atoms with E-state index in [0.717, 1.165) is 21.7 Å². The number of rotatable bonds is 11. The summed E-state index contributed by atoms with van der Waals surface area (Å²) in [7, 11) is -1.25. The van der Waals surface area contributed by atoms with Crippen molar-refractivity contribution in [3.63, 3.8) is 0 Å². The summed E-state index contributed by atoms with van der Waals surface area (Å²) in [6.07, 6.45) is -1.09. The fourth-order valence-electron chi connectivity index (χ4n) is 5.92. The molecule has 3 aromatic rings. The Morgan fingerprint density at radius 3 is 1.98 bits per heavy atom. The van der Waals surface area contributed by atoms with E-state index >= 15 is 0 Å². The van der Waals surface area contributed by atoms with Gasteiger partial charge in [0.25, 0.3) is 8.32 Å². The quantitative estimate of drug-likeness (QED) is 0.257. The summed E-state index contributed by atoms with van der Waals surface area (Å²) < 4.78 is 25.0. The number of aliphatic hydroxyl groups excluding tert-OH is 1. The second-order valence-electron chi connectivity index (χ2n) is 12.0. The highest BCUT2D eigenvalue weighted by Crippen LogP contribution is 2.39. The first kappa shape index (κ1) is 31.2. The molecule has 0 bridgehead atoms. The van der Waals surface area contributed by atoms with Gasteiger partial charge in [-0.3, -0.25) is 0 Å². The number of ether oxygens (including phenoxy) is 3. The highest BCUT2D eigenvalue weighted by atomic mass is 28.4. The van der Waals surface area contributed by atoms with Crippen LogP contribution in [0.2, 0.25) is 5.04 Å². The van der Waals surface area contributed by atoms with E-state index in [9.17, 15) is 10.2 Å². The van der Waals surface area contributed by atoms with Gasteiger partial charge in [0.05, 0.1) is 26.4 Å². The largest absolute Gasteiger partial charge is 0.497 e. The monoisotopic (exact) mass is 576 g/mol. The minimum atomic E-state index is -2.87. The molecule has 1 heterocycles. The standard InChI is InChI=1S/C34H44O6Si/c1-7-14-29-32(38-23-25-19-21-26(37-6)22-20-25)34(5,36)31(35)30(40-29)24-39-41(33(2,3)4,27-15-10-8-11-16-27)28-17-12-9-13-18-28/h7-13,15-22,29-32,35-36H,1,14,23-24H2,2-6H3/t29-,30-,31+,32+,34-/m1/s1. The lowest BCUT2D eigenvalue weighted by molar-refractivity contribution is -0.280. The van der Waals surface area contributed by atoms with Gasteiger partial charge in [0.15, 0.2) is 0 Å². The molecule has 0 radical (unpaired) electrons. The lowest BCUT2D eigenvalue weighted by Crippen LogP contribution is -2.70. The van der Waals surface area contributed by atoms with Crippen molar-refractivity contribution in [3.05, 3.63) is 103 Å². The van der Waals surface area contributed by atoms with Gasteiger partial charge in [0.1, 0.15) is 29.7 Å². The van der Waals surface area contributed by atoms with Crippen LogP contribution in [0.5, 0.6) is 5.75 Å². The number of hydrogen-bond donors (Lipinski definition) is 2. The fraction of sp³-hybridized carbons (Fsp3) is 0.412. The van der Waals surface area contributed by atoms with Crippen LogP contribution in [0.4, 0.5) is 0 Å². The van der Waals surface area contributed by atoms with Gasteiger partial charge in [-0.2, -0.15) is 0 Å². The average molecular weight is 577 g/mol. The first-order valence-electron chi connectivity index (χ1n) is 14.2. The van der Waals surface area contributed by atoms with E-state index < -0.39 is 38.3 Å². The van der Waals surface area contributed by atoms with E-state index in [1.807, 2.05) is 60.7 Å². The Balaban J connectivity index is 1.61. The molecule has 0 unspecified atom stereocenters. The van der Waals surface area contributed by atoms with E-state index in [0.29, 0.717) is 6.42 Å². The molecule has 5 atom stereocenters. The van der Waals surface area contributed by atoms with Crippen molar-refractivity contribution in [3.8, 4) is 5.75 Å². The van der Waals surface area contributed by atoms with Crippen LogP contribution >= 0.6 is 0 Å². The summed E-state index contributed by atoms with van der Waals surface area (Å²) >= 11 is 0. The van der Waals surface area contributed by atoms with Crippen molar-refractivity contribution in [1.82, 2.24) is 0 Å². The molecule has 6 nitrogen and oxygen atoms in total. The summed E-state index contributed by atoms with van der Waals surface area (Å²) in [5.74, 6) is 0.755. The van der Waals surface area contributed by atoms with Gasteiger partial charge in [-0.25, -0.2) is 0 Å². The van der Waals surface area contributed by atoms with Gasteiger partial charge in [0.2, 0.25) is 0 Å². The molecule has 7 heteroatoms. The molecule has 0 aromatic heterocycles. The predicted octanol–water partition coefficient (Wildman–Crippen LogP) is 4.61. The molecule has 1 aliphatic rings. The predicted molar refractivity (Wildman–Crippen MR) is 165 cm³/mol. The topological polar surface area (TPSA) is 77.4 Å². The molecule has 220 valence electrons. The lowest BCUT2D eigenvalue weighted by Gasteiger charge is -2.50. The Bertz CT molecular complexity index is 1200. The molecule has 0 amide bonds. The Kier molecular flexibility index (Phi) is 9.90. The third-order valence-electron chi connectivity index (χ3n) is 8.08. The molecular weight excluding hydrogens is 532 g/mol. The first-order chi connectivity index (χ1) is 19.5. The van der Waals surface area contributed by atoms with E-state index in [4.69, 9.17) is 18.6 Å². The summed E-state index contributed by atoms with van der Waals surface area (Å²) in [6, 6.07) is 28.2. The number of benzene rings is 3. The Morgan fingerprint density at radius 2 is 1.49 bits per heavy atom. The van der Waals surface area contributed by atoms with Crippen LogP contribution < -0.4 is 15.1 Å². The van der Waals surface area contributed by atoms with Crippen molar-refractivity contribution in [1.29, 1.82) is 0 Å². The second-order valence-corrected chi connectivity index (χ2v) is 16.3.